The molecule has 0 radical (unpaired) electrons. The molecule has 2 aromatic heterocycles. The molecule has 0 aliphatic rings. The lowest BCUT2D eigenvalue weighted by molar-refractivity contribution is 0.961. The lowest BCUT2D eigenvalue weighted by atomic mass is 10.2. The Morgan fingerprint density at radius 3 is 2.86 bits per heavy atom. The van der Waals surface area contributed by atoms with Gasteiger partial charge in [-0.05, 0) is 17.7 Å². The summed E-state index contributed by atoms with van der Waals surface area (Å²) in [4.78, 5) is 12.2. The zero-order valence-corrected chi connectivity index (χ0v) is 8.15. The molecule has 2 rings (SSSR count). The van der Waals surface area contributed by atoms with Crippen LogP contribution in [0, 0.1) is 0 Å². The Kier molecular flexibility index (Phi) is 2.70. The number of rotatable bonds is 2. The Morgan fingerprint density at radius 2 is 2.14 bits per heavy atom. The van der Waals surface area contributed by atoms with Crippen LogP contribution in [0.5, 0.6) is 0 Å². The highest BCUT2D eigenvalue weighted by Crippen LogP contribution is 2.06. The molecule has 0 spiro atoms. The summed E-state index contributed by atoms with van der Waals surface area (Å²) in [6.45, 7) is 0. The molecule has 4 heteroatoms. The van der Waals surface area contributed by atoms with E-state index >= 15 is 0 Å². The number of aromatic nitrogens is 3. The van der Waals surface area contributed by atoms with Gasteiger partial charge in [0, 0.05) is 25.0 Å². The number of hydrogen-bond acceptors (Lipinski definition) is 3. The molecular weight excluding hydrogens is 198 g/mol. The molecule has 0 unspecified atom stereocenters. The molecular formula is C10H8ClN3. The van der Waals surface area contributed by atoms with Crippen molar-refractivity contribution in [3.8, 4) is 0 Å². The average Bonchev–Trinajstić information content (AvgIpc) is 2.19. The van der Waals surface area contributed by atoms with E-state index in [9.17, 15) is 0 Å². The van der Waals surface area contributed by atoms with E-state index in [0.717, 1.165) is 5.56 Å². The maximum Gasteiger partial charge on any atom is 0.134 e. The zero-order chi connectivity index (χ0) is 9.80. The van der Waals surface area contributed by atoms with Gasteiger partial charge in [0.1, 0.15) is 11.0 Å². The minimum atomic E-state index is 0.471. The topological polar surface area (TPSA) is 38.7 Å². The van der Waals surface area contributed by atoms with E-state index in [4.69, 9.17) is 11.6 Å². The quantitative estimate of drug-likeness (QED) is 0.705. The van der Waals surface area contributed by atoms with E-state index in [-0.39, 0.29) is 0 Å². The molecule has 2 aromatic rings. The van der Waals surface area contributed by atoms with Crippen molar-refractivity contribution >= 4 is 11.6 Å². The molecule has 14 heavy (non-hydrogen) atoms. The van der Waals surface area contributed by atoms with Crippen LogP contribution in [0.3, 0.4) is 0 Å². The molecule has 0 bridgehead atoms. The summed E-state index contributed by atoms with van der Waals surface area (Å²) in [5, 5.41) is 0.471. The van der Waals surface area contributed by atoms with Crippen molar-refractivity contribution in [2.24, 2.45) is 0 Å². The van der Waals surface area contributed by atoms with Crippen LogP contribution < -0.4 is 0 Å². The van der Waals surface area contributed by atoms with E-state index in [2.05, 4.69) is 15.0 Å². The summed E-state index contributed by atoms with van der Waals surface area (Å²) in [7, 11) is 0. The lowest BCUT2D eigenvalue weighted by Crippen LogP contribution is -1.95. The van der Waals surface area contributed by atoms with Gasteiger partial charge in [-0.25, -0.2) is 9.97 Å². The van der Waals surface area contributed by atoms with Gasteiger partial charge in [0.05, 0.1) is 0 Å². The molecule has 0 saturated heterocycles. The summed E-state index contributed by atoms with van der Waals surface area (Å²) in [6.07, 6.45) is 5.85. The fraction of sp³-hybridized carbons (Fsp3) is 0.100. The maximum absolute atomic E-state index is 5.74. The van der Waals surface area contributed by atoms with Crippen molar-refractivity contribution in [2.45, 2.75) is 6.42 Å². The summed E-state index contributed by atoms with van der Waals surface area (Å²) >= 11 is 5.74. The molecule has 0 aromatic carbocycles. The van der Waals surface area contributed by atoms with Crippen molar-refractivity contribution in [1.29, 1.82) is 0 Å². The first-order valence-electron chi connectivity index (χ1n) is 4.21. The molecule has 2 heterocycles. The van der Waals surface area contributed by atoms with Crippen LogP contribution >= 0.6 is 11.6 Å². The molecule has 3 nitrogen and oxygen atoms in total. The van der Waals surface area contributed by atoms with Crippen molar-refractivity contribution in [3.63, 3.8) is 0 Å². The lowest BCUT2D eigenvalue weighted by Gasteiger charge is -1.99. The van der Waals surface area contributed by atoms with Crippen LogP contribution in [-0.2, 0) is 6.42 Å². The SMILES string of the molecule is Clc1ccnc(Cc2cccnc2)n1. The second kappa shape index (κ2) is 4.15. The van der Waals surface area contributed by atoms with Gasteiger partial charge in [-0.3, -0.25) is 4.98 Å². The van der Waals surface area contributed by atoms with Gasteiger partial charge in [-0.1, -0.05) is 17.7 Å². The van der Waals surface area contributed by atoms with E-state index in [1.54, 1.807) is 24.7 Å². The van der Waals surface area contributed by atoms with Crippen LogP contribution in [0.2, 0.25) is 5.15 Å². The number of pyridine rings is 1. The molecule has 0 amide bonds. The van der Waals surface area contributed by atoms with Gasteiger partial charge in [0.2, 0.25) is 0 Å². The standard InChI is InChI=1S/C10H8ClN3/c11-9-3-5-13-10(14-9)6-8-2-1-4-12-7-8/h1-5,7H,6H2. The van der Waals surface area contributed by atoms with Gasteiger partial charge >= 0.3 is 0 Å². The molecule has 0 saturated carbocycles. The normalized spacial score (nSPS) is 10.1. The maximum atomic E-state index is 5.74. The van der Waals surface area contributed by atoms with E-state index in [1.165, 1.54) is 0 Å². The molecule has 70 valence electrons. The van der Waals surface area contributed by atoms with Crippen LogP contribution in [0.4, 0.5) is 0 Å². The Bertz CT molecular complexity index is 417. The number of halogens is 1. The molecule has 0 atom stereocenters. The number of hydrogen-bond donors (Lipinski definition) is 0. The van der Waals surface area contributed by atoms with Crippen LogP contribution in [0.1, 0.15) is 11.4 Å². The van der Waals surface area contributed by atoms with Crippen LogP contribution in [0.25, 0.3) is 0 Å². The van der Waals surface area contributed by atoms with Gasteiger partial charge in [-0.2, -0.15) is 0 Å². The third-order valence-electron chi connectivity index (χ3n) is 1.76. The van der Waals surface area contributed by atoms with Crippen molar-refractivity contribution in [2.75, 3.05) is 0 Å². The first-order chi connectivity index (χ1) is 6.84. The monoisotopic (exact) mass is 205 g/mol. The predicted molar refractivity (Wildman–Crippen MR) is 54.1 cm³/mol. The first kappa shape index (κ1) is 9.09. The minimum Gasteiger partial charge on any atom is -0.264 e. The molecule has 0 aliphatic carbocycles. The highest BCUT2D eigenvalue weighted by atomic mass is 35.5. The first-order valence-corrected chi connectivity index (χ1v) is 4.59. The largest absolute Gasteiger partial charge is 0.264 e. The average molecular weight is 206 g/mol. The van der Waals surface area contributed by atoms with Crippen molar-refractivity contribution in [1.82, 2.24) is 15.0 Å². The smallest absolute Gasteiger partial charge is 0.134 e. The van der Waals surface area contributed by atoms with Crippen LogP contribution in [-0.4, -0.2) is 15.0 Å². The Morgan fingerprint density at radius 1 is 1.21 bits per heavy atom. The van der Waals surface area contributed by atoms with Crippen LogP contribution in [0.15, 0.2) is 36.8 Å². The summed E-state index contributed by atoms with van der Waals surface area (Å²) in [5.74, 6) is 0.713. The highest BCUT2D eigenvalue weighted by Gasteiger charge is 1.99. The minimum absolute atomic E-state index is 0.471. The third kappa shape index (κ3) is 2.26. The summed E-state index contributed by atoms with van der Waals surface area (Å²) < 4.78 is 0. The van der Waals surface area contributed by atoms with Crippen molar-refractivity contribution in [3.05, 3.63) is 53.3 Å². The molecule has 0 aliphatic heterocycles. The summed E-state index contributed by atoms with van der Waals surface area (Å²) in [5.41, 5.74) is 1.08. The molecule has 0 fully saturated rings. The second-order valence-corrected chi connectivity index (χ2v) is 3.22. The van der Waals surface area contributed by atoms with Gasteiger partial charge < -0.3 is 0 Å². The Balaban J connectivity index is 2.19. The van der Waals surface area contributed by atoms with Gasteiger partial charge in [-0.15, -0.1) is 0 Å². The molecule has 0 N–H and O–H groups in total. The van der Waals surface area contributed by atoms with E-state index in [1.807, 2.05) is 12.1 Å². The second-order valence-electron chi connectivity index (χ2n) is 2.83. The predicted octanol–water partition coefficient (Wildman–Crippen LogP) is 2.12. The van der Waals surface area contributed by atoms with Crippen molar-refractivity contribution < 1.29 is 0 Å². The van der Waals surface area contributed by atoms with E-state index < -0.39 is 0 Å². The summed E-state index contributed by atoms with van der Waals surface area (Å²) in [6, 6.07) is 5.53. The van der Waals surface area contributed by atoms with Gasteiger partial charge in [0.15, 0.2) is 0 Å². The third-order valence-corrected chi connectivity index (χ3v) is 1.97. The Hall–Kier alpha value is -1.48. The number of nitrogens with zero attached hydrogens (tertiary/aromatic N) is 3. The fourth-order valence-electron chi connectivity index (χ4n) is 1.14. The Labute approximate surface area is 86.8 Å². The van der Waals surface area contributed by atoms with E-state index in [0.29, 0.717) is 17.4 Å². The highest BCUT2D eigenvalue weighted by molar-refractivity contribution is 6.29. The fourth-order valence-corrected chi connectivity index (χ4v) is 1.30. The van der Waals surface area contributed by atoms with Gasteiger partial charge in [0.25, 0.3) is 0 Å². The zero-order valence-electron chi connectivity index (χ0n) is 7.39.